The number of piperidine rings is 1. The molecule has 2 aliphatic rings. The first-order valence-electron chi connectivity index (χ1n) is 5.32. The van der Waals surface area contributed by atoms with Gasteiger partial charge >= 0.3 is 0 Å². The van der Waals surface area contributed by atoms with Gasteiger partial charge < -0.3 is 10.7 Å². The van der Waals surface area contributed by atoms with Gasteiger partial charge in [0.25, 0.3) is 0 Å². The number of hydrazine groups is 1. The van der Waals surface area contributed by atoms with E-state index in [4.69, 9.17) is 18.1 Å². The van der Waals surface area contributed by atoms with Crippen molar-refractivity contribution in [3.8, 4) is 0 Å². The van der Waals surface area contributed by atoms with E-state index in [0.29, 0.717) is 17.2 Å². The lowest BCUT2D eigenvalue weighted by Crippen LogP contribution is -2.50. The van der Waals surface area contributed by atoms with E-state index in [2.05, 4.69) is 15.6 Å². The average Bonchev–Trinajstić information content (AvgIpc) is 2.62. The SMILES string of the molecule is NNC(=S)NC1CCN2CCCCC12. The van der Waals surface area contributed by atoms with Crippen LogP contribution in [0.25, 0.3) is 0 Å². The lowest BCUT2D eigenvalue weighted by atomic mass is 9.99. The molecule has 4 nitrogen and oxygen atoms in total. The number of nitrogens with two attached hydrogens (primary N) is 1. The van der Waals surface area contributed by atoms with Crippen LogP contribution in [0.3, 0.4) is 0 Å². The van der Waals surface area contributed by atoms with Crippen LogP contribution in [0.4, 0.5) is 0 Å². The third-order valence-corrected chi connectivity index (χ3v) is 3.54. The smallest absolute Gasteiger partial charge is 0.180 e. The van der Waals surface area contributed by atoms with Gasteiger partial charge in [0.1, 0.15) is 0 Å². The zero-order chi connectivity index (χ0) is 9.97. The standard InChI is InChI=1S/C9H18N4S/c10-12-9(14)11-7-4-6-13-5-2-1-3-8(7)13/h7-8H,1-6,10H2,(H2,11,12,14). The van der Waals surface area contributed by atoms with Gasteiger partial charge in [-0.25, -0.2) is 5.84 Å². The number of fused-ring (bicyclic) bond motifs is 1. The summed E-state index contributed by atoms with van der Waals surface area (Å²) in [5.41, 5.74) is 2.49. The van der Waals surface area contributed by atoms with Crippen LogP contribution < -0.4 is 16.6 Å². The molecule has 0 radical (unpaired) electrons. The van der Waals surface area contributed by atoms with E-state index in [-0.39, 0.29) is 0 Å². The van der Waals surface area contributed by atoms with Gasteiger partial charge in [0.05, 0.1) is 0 Å². The summed E-state index contributed by atoms with van der Waals surface area (Å²) in [6.45, 7) is 2.46. The Bertz CT molecular complexity index is 221. The molecule has 5 heteroatoms. The van der Waals surface area contributed by atoms with E-state index in [0.717, 1.165) is 0 Å². The van der Waals surface area contributed by atoms with Crippen molar-refractivity contribution in [3.05, 3.63) is 0 Å². The van der Waals surface area contributed by atoms with E-state index in [1.54, 1.807) is 0 Å². The molecular weight excluding hydrogens is 196 g/mol. The quantitative estimate of drug-likeness (QED) is 0.325. The number of nitrogens with one attached hydrogen (secondary N) is 2. The van der Waals surface area contributed by atoms with Gasteiger partial charge in [-0.1, -0.05) is 6.42 Å². The lowest BCUT2D eigenvalue weighted by molar-refractivity contribution is 0.185. The van der Waals surface area contributed by atoms with Crippen LogP contribution in [0, 0.1) is 0 Å². The Kier molecular flexibility index (Phi) is 3.20. The third-order valence-electron chi connectivity index (χ3n) is 3.30. The minimum Gasteiger partial charge on any atom is -0.357 e. The fraction of sp³-hybridized carbons (Fsp3) is 0.889. The van der Waals surface area contributed by atoms with Gasteiger partial charge in [-0.3, -0.25) is 4.90 Å². The van der Waals surface area contributed by atoms with E-state index in [9.17, 15) is 0 Å². The van der Waals surface area contributed by atoms with E-state index < -0.39 is 0 Å². The highest BCUT2D eigenvalue weighted by molar-refractivity contribution is 7.80. The van der Waals surface area contributed by atoms with Crippen LogP contribution in [0.15, 0.2) is 0 Å². The molecule has 0 bridgehead atoms. The lowest BCUT2D eigenvalue weighted by Gasteiger charge is -2.32. The van der Waals surface area contributed by atoms with Crippen LogP contribution in [0.2, 0.25) is 0 Å². The summed E-state index contributed by atoms with van der Waals surface area (Å²) in [7, 11) is 0. The van der Waals surface area contributed by atoms with Crippen molar-refractivity contribution in [2.75, 3.05) is 13.1 Å². The van der Waals surface area contributed by atoms with Gasteiger partial charge in [0, 0.05) is 18.6 Å². The summed E-state index contributed by atoms with van der Waals surface area (Å²) in [5.74, 6) is 5.25. The highest BCUT2D eigenvalue weighted by atomic mass is 32.1. The molecule has 4 N–H and O–H groups in total. The first kappa shape index (κ1) is 10.1. The van der Waals surface area contributed by atoms with Crippen molar-refractivity contribution in [3.63, 3.8) is 0 Å². The number of nitrogens with zero attached hydrogens (tertiary/aromatic N) is 1. The maximum atomic E-state index is 5.25. The van der Waals surface area contributed by atoms with E-state index in [1.807, 2.05) is 0 Å². The fourth-order valence-corrected chi connectivity index (χ4v) is 2.78. The number of thiocarbonyl (C=S) groups is 1. The number of hydrogen-bond donors (Lipinski definition) is 3. The summed E-state index contributed by atoms with van der Waals surface area (Å²) in [6, 6.07) is 1.17. The molecule has 2 saturated heterocycles. The second-order valence-electron chi connectivity index (χ2n) is 4.11. The summed E-state index contributed by atoms with van der Waals surface area (Å²) < 4.78 is 0. The van der Waals surface area contributed by atoms with Crippen LogP contribution in [0.5, 0.6) is 0 Å². The minimum atomic E-state index is 0.499. The number of hydrogen-bond acceptors (Lipinski definition) is 3. The molecule has 2 unspecified atom stereocenters. The maximum Gasteiger partial charge on any atom is 0.180 e. The molecule has 0 aromatic carbocycles. The highest BCUT2D eigenvalue weighted by Crippen LogP contribution is 2.26. The van der Waals surface area contributed by atoms with Crippen LogP contribution in [0.1, 0.15) is 25.7 Å². The minimum absolute atomic E-state index is 0.499. The Hall–Kier alpha value is -0.390. The van der Waals surface area contributed by atoms with Crippen molar-refractivity contribution in [1.82, 2.24) is 15.6 Å². The van der Waals surface area contributed by atoms with Crippen molar-refractivity contribution in [1.29, 1.82) is 0 Å². The first-order chi connectivity index (χ1) is 6.81. The fourth-order valence-electron chi connectivity index (χ4n) is 2.63. The molecule has 2 heterocycles. The van der Waals surface area contributed by atoms with Gasteiger partial charge in [-0.05, 0) is 38.0 Å². The van der Waals surface area contributed by atoms with Gasteiger partial charge in [-0.15, -0.1) is 0 Å². The molecule has 0 aromatic rings. The second-order valence-corrected chi connectivity index (χ2v) is 4.52. The summed E-state index contributed by atoms with van der Waals surface area (Å²) in [5, 5.41) is 3.85. The largest absolute Gasteiger partial charge is 0.357 e. The molecule has 2 atom stereocenters. The molecule has 2 fully saturated rings. The zero-order valence-corrected chi connectivity index (χ0v) is 9.15. The zero-order valence-electron chi connectivity index (χ0n) is 8.33. The average molecular weight is 214 g/mol. The topological polar surface area (TPSA) is 53.3 Å². The summed E-state index contributed by atoms with van der Waals surface area (Å²) in [6.07, 6.45) is 5.18. The van der Waals surface area contributed by atoms with Crippen molar-refractivity contribution in [2.24, 2.45) is 5.84 Å². The Morgan fingerprint density at radius 2 is 2.14 bits per heavy atom. The Labute approximate surface area is 90.2 Å². The number of rotatable bonds is 1. The van der Waals surface area contributed by atoms with Crippen LogP contribution in [-0.4, -0.2) is 35.2 Å². The molecule has 0 aromatic heterocycles. The van der Waals surface area contributed by atoms with E-state index in [1.165, 1.54) is 38.8 Å². The van der Waals surface area contributed by atoms with Gasteiger partial charge in [0.2, 0.25) is 0 Å². The molecule has 2 rings (SSSR count). The third kappa shape index (κ3) is 1.99. The van der Waals surface area contributed by atoms with Crippen LogP contribution >= 0.6 is 12.2 Å². The maximum absolute atomic E-state index is 5.25. The van der Waals surface area contributed by atoms with Crippen molar-refractivity contribution in [2.45, 2.75) is 37.8 Å². The van der Waals surface area contributed by atoms with Gasteiger partial charge in [-0.2, -0.15) is 0 Å². The van der Waals surface area contributed by atoms with E-state index >= 15 is 0 Å². The Balaban J connectivity index is 1.90. The molecule has 0 aliphatic carbocycles. The predicted octanol–water partition coefficient (Wildman–Crippen LogP) is -0.0490. The Morgan fingerprint density at radius 1 is 1.29 bits per heavy atom. The van der Waals surface area contributed by atoms with Crippen molar-refractivity contribution < 1.29 is 0 Å². The van der Waals surface area contributed by atoms with Crippen molar-refractivity contribution >= 4 is 17.3 Å². The predicted molar refractivity (Wildman–Crippen MR) is 60.7 cm³/mol. The van der Waals surface area contributed by atoms with Gasteiger partial charge in [0.15, 0.2) is 5.11 Å². The molecule has 2 aliphatic heterocycles. The molecular formula is C9H18N4S. The van der Waals surface area contributed by atoms with Crippen LogP contribution in [-0.2, 0) is 0 Å². The molecule has 14 heavy (non-hydrogen) atoms. The molecule has 80 valence electrons. The molecule has 0 amide bonds. The first-order valence-corrected chi connectivity index (χ1v) is 5.73. The summed E-state index contributed by atoms with van der Waals surface area (Å²) >= 11 is 5.02. The molecule has 0 spiro atoms. The monoisotopic (exact) mass is 214 g/mol. The highest BCUT2D eigenvalue weighted by Gasteiger charge is 2.35. The second kappa shape index (κ2) is 4.42. The normalized spacial score (nSPS) is 32.4. The molecule has 0 saturated carbocycles. The Morgan fingerprint density at radius 3 is 2.93 bits per heavy atom. The summed E-state index contributed by atoms with van der Waals surface area (Å²) in [4.78, 5) is 2.57.